The van der Waals surface area contributed by atoms with E-state index >= 15 is 0 Å². The highest BCUT2D eigenvalue weighted by Crippen LogP contribution is 2.52. The van der Waals surface area contributed by atoms with Crippen LogP contribution in [-0.4, -0.2) is 17.6 Å². The number of anilines is 2. The number of aromatic nitrogens is 1. The fourth-order valence-corrected chi connectivity index (χ4v) is 4.25. The van der Waals surface area contributed by atoms with Gasteiger partial charge in [0.15, 0.2) is 11.6 Å². The molecule has 0 radical (unpaired) electrons. The molecule has 1 aromatic carbocycles. The number of benzene rings is 1. The third-order valence-corrected chi connectivity index (χ3v) is 5.38. The van der Waals surface area contributed by atoms with Gasteiger partial charge in [-0.05, 0) is 62.1 Å². The summed E-state index contributed by atoms with van der Waals surface area (Å²) in [6, 6.07) is 3.68. The lowest BCUT2D eigenvalue weighted by atomic mass is 9.66. The molecule has 0 atom stereocenters. The van der Waals surface area contributed by atoms with Gasteiger partial charge in [0.25, 0.3) is 0 Å². The number of hydrogen-bond acceptors (Lipinski definition) is 4. The fourth-order valence-electron chi connectivity index (χ4n) is 4.25. The smallest absolute Gasteiger partial charge is 0.339 e. The summed E-state index contributed by atoms with van der Waals surface area (Å²) in [7, 11) is 0. The molecule has 0 spiro atoms. The van der Waals surface area contributed by atoms with Crippen LogP contribution in [-0.2, 0) is 4.74 Å². The Morgan fingerprint density at radius 2 is 1.85 bits per heavy atom. The van der Waals surface area contributed by atoms with Gasteiger partial charge in [-0.2, -0.15) is 0 Å². The number of rotatable bonds is 4. The molecule has 1 heterocycles. The topological polar surface area (TPSA) is 51.2 Å². The van der Waals surface area contributed by atoms with Crippen LogP contribution in [0.15, 0.2) is 24.4 Å². The van der Waals surface area contributed by atoms with Crippen LogP contribution < -0.4 is 5.32 Å². The maximum Gasteiger partial charge on any atom is 0.339 e. The number of pyridine rings is 1. The van der Waals surface area contributed by atoms with E-state index in [1.165, 1.54) is 6.07 Å². The summed E-state index contributed by atoms with van der Waals surface area (Å²) in [5, 5.41) is 3.11. The van der Waals surface area contributed by atoms with Crippen molar-refractivity contribution in [1.82, 2.24) is 4.98 Å². The molecule has 0 saturated heterocycles. The monoisotopic (exact) mass is 358 g/mol. The number of fused-ring (bicyclic) bond motifs is 2. The Balaban J connectivity index is 1.78. The van der Waals surface area contributed by atoms with Gasteiger partial charge in [-0.1, -0.05) is 0 Å². The van der Waals surface area contributed by atoms with Gasteiger partial charge in [0.05, 0.1) is 12.2 Å². The molecule has 6 heteroatoms. The number of carbonyl (C=O) groups is 1. The molecule has 5 rings (SSSR count). The summed E-state index contributed by atoms with van der Waals surface area (Å²) in [6.45, 7) is 2.10. The molecule has 0 aliphatic heterocycles. The Morgan fingerprint density at radius 1 is 1.15 bits per heavy atom. The van der Waals surface area contributed by atoms with E-state index in [-0.39, 0.29) is 5.97 Å². The third-order valence-electron chi connectivity index (χ3n) is 5.38. The Bertz CT molecular complexity index is 861. The number of carbonyl (C=O) groups excluding carboxylic acids is 1. The van der Waals surface area contributed by atoms with Gasteiger partial charge < -0.3 is 10.1 Å². The minimum atomic E-state index is -0.909. The maximum absolute atomic E-state index is 13.5. The first-order valence-corrected chi connectivity index (χ1v) is 9.00. The predicted molar refractivity (Wildman–Crippen MR) is 93.8 cm³/mol. The Kier molecular flexibility index (Phi) is 4.34. The molecule has 26 heavy (non-hydrogen) atoms. The lowest BCUT2D eigenvalue weighted by molar-refractivity contribution is 0.0522. The standard InChI is InChI=1S/C20H20F2N2O2/c1-2-26-20(25)14-10-23-19(24-13-7-8-15(21)16(22)9-13)18-12-5-3-11(4-6-12)17(14)18/h7-12H,2-6H2,1H3,(H,23,24). The summed E-state index contributed by atoms with van der Waals surface area (Å²) in [4.78, 5) is 16.8. The number of esters is 1. The van der Waals surface area contributed by atoms with Gasteiger partial charge in [-0.25, -0.2) is 18.6 Å². The average Bonchev–Trinajstić information content (AvgIpc) is 2.66. The van der Waals surface area contributed by atoms with Crippen LogP contribution in [0.2, 0.25) is 0 Å². The van der Waals surface area contributed by atoms with Crippen molar-refractivity contribution in [2.75, 3.05) is 11.9 Å². The molecule has 1 fully saturated rings. The van der Waals surface area contributed by atoms with Crippen molar-refractivity contribution >= 4 is 17.5 Å². The normalized spacial score (nSPS) is 20.6. The molecular weight excluding hydrogens is 338 g/mol. The van der Waals surface area contributed by atoms with Crippen molar-refractivity contribution < 1.29 is 18.3 Å². The van der Waals surface area contributed by atoms with Gasteiger partial charge in [0.2, 0.25) is 0 Å². The summed E-state index contributed by atoms with van der Waals surface area (Å²) in [5.41, 5.74) is 3.02. The van der Waals surface area contributed by atoms with Crippen molar-refractivity contribution in [3.63, 3.8) is 0 Å². The summed E-state index contributed by atoms with van der Waals surface area (Å²) in [5.74, 6) is -0.875. The molecule has 1 saturated carbocycles. The van der Waals surface area contributed by atoms with Gasteiger partial charge in [0, 0.05) is 23.5 Å². The molecule has 1 aromatic heterocycles. The zero-order valence-corrected chi connectivity index (χ0v) is 14.5. The van der Waals surface area contributed by atoms with Gasteiger partial charge in [0.1, 0.15) is 5.82 Å². The second-order valence-electron chi connectivity index (χ2n) is 6.87. The predicted octanol–water partition coefficient (Wildman–Crippen LogP) is 5.03. The molecule has 1 N–H and O–H groups in total. The maximum atomic E-state index is 13.5. The van der Waals surface area contributed by atoms with Crippen LogP contribution in [0.25, 0.3) is 0 Å². The summed E-state index contributed by atoms with van der Waals surface area (Å²) < 4.78 is 31.9. The third kappa shape index (κ3) is 2.83. The molecular formula is C20H20F2N2O2. The summed E-state index contributed by atoms with van der Waals surface area (Å²) >= 11 is 0. The van der Waals surface area contributed by atoms with Crippen molar-refractivity contribution in [1.29, 1.82) is 0 Å². The van der Waals surface area contributed by atoms with Crippen LogP contribution in [0, 0.1) is 11.6 Å². The number of nitrogens with one attached hydrogen (secondary N) is 1. The van der Waals surface area contributed by atoms with Crippen LogP contribution in [0.3, 0.4) is 0 Å². The van der Waals surface area contributed by atoms with Gasteiger partial charge in [-0.3, -0.25) is 0 Å². The van der Waals surface area contributed by atoms with E-state index < -0.39 is 11.6 Å². The highest BCUT2D eigenvalue weighted by atomic mass is 19.2. The Hall–Kier alpha value is -2.50. The lowest BCUT2D eigenvalue weighted by Gasteiger charge is -2.40. The Labute approximate surface area is 150 Å². The zero-order valence-electron chi connectivity index (χ0n) is 14.5. The molecule has 0 unspecified atom stereocenters. The summed E-state index contributed by atoms with van der Waals surface area (Å²) in [6.07, 6.45) is 5.76. The van der Waals surface area contributed by atoms with Gasteiger partial charge >= 0.3 is 5.97 Å². The number of nitrogens with zero attached hydrogens (tertiary/aromatic N) is 1. The molecule has 3 aliphatic rings. The zero-order chi connectivity index (χ0) is 18.3. The van der Waals surface area contributed by atoms with Crippen molar-refractivity contribution in [3.8, 4) is 0 Å². The van der Waals surface area contributed by atoms with E-state index in [4.69, 9.17) is 4.74 Å². The second kappa shape index (κ2) is 6.67. The van der Waals surface area contributed by atoms with Crippen molar-refractivity contribution in [2.45, 2.75) is 44.4 Å². The Morgan fingerprint density at radius 3 is 2.50 bits per heavy atom. The van der Waals surface area contributed by atoms with Crippen molar-refractivity contribution in [3.05, 3.63) is 52.7 Å². The molecule has 3 aliphatic carbocycles. The fraction of sp³-hybridized carbons (Fsp3) is 0.400. The average molecular weight is 358 g/mol. The first-order valence-electron chi connectivity index (χ1n) is 9.00. The molecule has 0 amide bonds. The van der Waals surface area contributed by atoms with Crippen molar-refractivity contribution in [2.24, 2.45) is 0 Å². The number of ether oxygens (including phenoxy) is 1. The van der Waals surface area contributed by atoms with Crippen LogP contribution in [0.5, 0.6) is 0 Å². The first kappa shape index (κ1) is 16.9. The SMILES string of the molecule is CCOC(=O)c1cnc(Nc2ccc(F)c(F)c2)c2c1C1CCC2CC1. The second-order valence-corrected chi connectivity index (χ2v) is 6.87. The van der Waals surface area contributed by atoms with E-state index in [1.807, 2.05) is 0 Å². The molecule has 2 aromatic rings. The van der Waals surface area contributed by atoms with Crippen LogP contribution in [0.1, 0.15) is 65.9 Å². The van der Waals surface area contributed by atoms with E-state index in [0.717, 1.165) is 48.9 Å². The largest absolute Gasteiger partial charge is 0.462 e. The lowest BCUT2D eigenvalue weighted by Crippen LogP contribution is -2.26. The van der Waals surface area contributed by atoms with E-state index in [9.17, 15) is 13.6 Å². The molecule has 4 nitrogen and oxygen atoms in total. The van der Waals surface area contributed by atoms with E-state index in [2.05, 4.69) is 10.3 Å². The van der Waals surface area contributed by atoms with Crippen LogP contribution >= 0.6 is 0 Å². The minimum Gasteiger partial charge on any atom is -0.462 e. The van der Waals surface area contributed by atoms with E-state index in [0.29, 0.717) is 35.5 Å². The van der Waals surface area contributed by atoms with Gasteiger partial charge in [-0.15, -0.1) is 0 Å². The number of halogens is 2. The van der Waals surface area contributed by atoms with Crippen LogP contribution in [0.4, 0.5) is 20.3 Å². The quantitative estimate of drug-likeness (QED) is 0.779. The molecule has 136 valence electrons. The highest BCUT2D eigenvalue weighted by Gasteiger charge is 2.38. The number of hydrogen-bond donors (Lipinski definition) is 1. The molecule has 2 bridgehead atoms. The first-order chi connectivity index (χ1) is 12.6. The highest BCUT2D eigenvalue weighted by molar-refractivity contribution is 5.92. The minimum absolute atomic E-state index is 0.316. The van der Waals surface area contributed by atoms with E-state index in [1.54, 1.807) is 13.1 Å².